The highest BCUT2D eigenvalue weighted by molar-refractivity contribution is 7.92. The summed E-state index contributed by atoms with van der Waals surface area (Å²) in [5, 5.41) is 2.73. The second kappa shape index (κ2) is 9.09. The van der Waals surface area contributed by atoms with Crippen LogP contribution < -0.4 is 10.0 Å². The van der Waals surface area contributed by atoms with Gasteiger partial charge in [-0.25, -0.2) is 12.8 Å². The number of rotatable bonds is 7. The third-order valence-electron chi connectivity index (χ3n) is 4.65. The van der Waals surface area contributed by atoms with E-state index in [1.807, 2.05) is 13.0 Å². The molecule has 3 rings (SSSR count). The standard InChI is InChI=1S/C23H23FN2O3S/c1-16-10-11-17(2)22(14-16)30(28,29)26-20-8-5-7-19(15-20)23(27)25-13-12-18-6-3-4-9-21(18)24/h3-11,14-15,26H,12-13H2,1-2H3,(H,25,27). The van der Waals surface area contributed by atoms with Crippen molar-refractivity contribution < 1.29 is 17.6 Å². The van der Waals surface area contributed by atoms with Gasteiger partial charge in [-0.3, -0.25) is 9.52 Å². The van der Waals surface area contributed by atoms with E-state index in [4.69, 9.17) is 0 Å². The third-order valence-corrected chi connectivity index (χ3v) is 6.17. The van der Waals surface area contributed by atoms with Crippen LogP contribution in [0.1, 0.15) is 27.0 Å². The van der Waals surface area contributed by atoms with Crippen LogP contribution in [0.3, 0.4) is 0 Å². The molecule has 0 fully saturated rings. The normalized spacial score (nSPS) is 11.2. The van der Waals surface area contributed by atoms with Crippen LogP contribution in [0.15, 0.2) is 71.6 Å². The van der Waals surface area contributed by atoms with Crippen LogP contribution in [0.2, 0.25) is 0 Å². The zero-order valence-electron chi connectivity index (χ0n) is 16.8. The fraction of sp³-hybridized carbons (Fsp3) is 0.174. The van der Waals surface area contributed by atoms with Crippen LogP contribution >= 0.6 is 0 Å². The van der Waals surface area contributed by atoms with Crippen molar-refractivity contribution in [3.63, 3.8) is 0 Å². The first-order valence-corrected chi connectivity index (χ1v) is 11.0. The molecule has 0 atom stereocenters. The molecule has 5 nitrogen and oxygen atoms in total. The molecule has 3 aromatic rings. The zero-order valence-corrected chi connectivity index (χ0v) is 17.6. The van der Waals surface area contributed by atoms with Crippen molar-refractivity contribution in [1.29, 1.82) is 0 Å². The van der Waals surface area contributed by atoms with Crippen molar-refractivity contribution in [2.45, 2.75) is 25.2 Å². The van der Waals surface area contributed by atoms with Gasteiger partial charge in [-0.15, -0.1) is 0 Å². The molecule has 0 radical (unpaired) electrons. The van der Waals surface area contributed by atoms with Crippen LogP contribution in [0.4, 0.5) is 10.1 Å². The van der Waals surface area contributed by atoms with E-state index in [0.29, 0.717) is 23.1 Å². The lowest BCUT2D eigenvalue weighted by molar-refractivity contribution is 0.0954. The van der Waals surface area contributed by atoms with Gasteiger partial charge in [-0.1, -0.05) is 36.4 Å². The van der Waals surface area contributed by atoms with Gasteiger partial charge in [0.2, 0.25) is 0 Å². The summed E-state index contributed by atoms with van der Waals surface area (Å²) >= 11 is 0. The Morgan fingerprint density at radius 1 is 0.967 bits per heavy atom. The van der Waals surface area contributed by atoms with Crippen molar-refractivity contribution in [3.05, 3.63) is 94.8 Å². The Kier molecular flexibility index (Phi) is 6.52. The van der Waals surface area contributed by atoms with E-state index < -0.39 is 10.0 Å². The molecule has 0 bridgehead atoms. The average molecular weight is 427 g/mol. The van der Waals surface area contributed by atoms with Crippen LogP contribution in [0.5, 0.6) is 0 Å². The molecule has 7 heteroatoms. The Morgan fingerprint density at radius 2 is 1.73 bits per heavy atom. The van der Waals surface area contributed by atoms with E-state index in [1.165, 1.54) is 12.1 Å². The number of benzene rings is 3. The number of carbonyl (C=O) groups is 1. The second-order valence-corrected chi connectivity index (χ2v) is 8.70. The zero-order chi connectivity index (χ0) is 21.7. The van der Waals surface area contributed by atoms with Gasteiger partial charge in [0.1, 0.15) is 5.82 Å². The Hall–Kier alpha value is -3.19. The number of carbonyl (C=O) groups excluding carboxylic acids is 1. The molecule has 156 valence electrons. The molecular formula is C23H23FN2O3S. The quantitative estimate of drug-likeness (QED) is 0.594. The molecule has 0 aromatic heterocycles. The van der Waals surface area contributed by atoms with Crippen LogP contribution in [0, 0.1) is 19.7 Å². The summed E-state index contributed by atoms with van der Waals surface area (Å²) in [6, 6.07) is 17.9. The molecule has 0 spiro atoms. The van der Waals surface area contributed by atoms with Gasteiger partial charge in [-0.2, -0.15) is 0 Å². The average Bonchev–Trinajstić information content (AvgIpc) is 2.71. The molecular weight excluding hydrogens is 403 g/mol. The first-order chi connectivity index (χ1) is 14.3. The maximum atomic E-state index is 13.7. The van der Waals surface area contributed by atoms with Gasteiger partial charge in [0.05, 0.1) is 4.90 Å². The lowest BCUT2D eigenvalue weighted by Crippen LogP contribution is -2.26. The van der Waals surface area contributed by atoms with Crippen molar-refractivity contribution in [2.75, 3.05) is 11.3 Å². The monoisotopic (exact) mass is 426 g/mol. The van der Waals surface area contributed by atoms with Crippen molar-refractivity contribution in [2.24, 2.45) is 0 Å². The molecule has 0 heterocycles. The summed E-state index contributed by atoms with van der Waals surface area (Å²) in [6.45, 7) is 3.82. The highest BCUT2D eigenvalue weighted by atomic mass is 32.2. The van der Waals surface area contributed by atoms with Gasteiger partial charge in [-0.05, 0) is 67.3 Å². The van der Waals surface area contributed by atoms with Crippen molar-refractivity contribution in [1.82, 2.24) is 5.32 Å². The number of halogens is 1. The van der Waals surface area contributed by atoms with Gasteiger partial charge in [0.25, 0.3) is 15.9 Å². The number of nitrogens with one attached hydrogen (secondary N) is 2. The summed E-state index contributed by atoms with van der Waals surface area (Å²) in [4.78, 5) is 12.6. The minimum absolute atomic E-state index is 0.197. The molecule has 2 N–H and O–H groups in total. The summed E-state index contributed by atoms with van der Waals surface area (Å²) in [5.41, 5.74) is 2.59. The smallest absolute Gasteiger partial charge is 0.262 e. The summed E-state index contributed by atoms with van der Waals surface area (Å²) < 4.78 is 41.7. The van der Waals surface area contributed by atoms with Crippen LogP contribution in [0.25, 0.3) is 0 Å². The molecule has 0 aliphatic carbocycles. The Bertz CT molecular complexity index is 1180. The molecule has 0 aliphatic rings. The number of hydrogen-bond acceptors (Lipinski definition) is 3. The van der Waals surface area contributed by atoms with Gasteiger partial charge < -0.3 is 5.32 Å². The molecule has 30 heavy (non-hydrogen) atoms. The van der Waals surface area contributed by atoms with Crippen LogP contribution in [-0.2, 0) is 16.4 Å². The maximum Gasteiger partial charge on any atom is 0.262 e. The molecule has 1 amide bonds. The maximum absolute atomic E-state index is 13.7. The minimum Gasteiger partial charge on any atom is -0.352 e. The number of anilines is 1. The Labute approximate surface area is 176 Å². The molecule has 0 aliphatic heterocycles. The van der Waals surface area contributed by atoms with Gasteiger partial charge in [0.15, 0.2) is 0 Å². The first kappa shape index (κ1) is 21.5. The minimum atomic E-state index is -3.79. The molecule has 3 aromatic carbocycles. The summed E-state index contributed by atoms with van der Waals surface area (Å²) in [6.07, 6.45) is 0.359. The topological polar surface area (TPSA) is 75.3 Å². The fourth-order valence-electron chi connectivity index (χ4n) is 3.04. The van der Waals surface area contributed by atoms with E-state index in [1.54, 1.807) is 55.5 Å². The van der Waals surface area contributed by atoms with Crippen LogP contribution in [-0.4, -0.2) is 20.9 Å². The number of hydrogen-bond donors (Lipinski definition) is 2. The summed E-state index contributed by atoms with van der Waals surface area (Å²) in [7, 11) is -3.79. The fourth-order valence-corrected chi connectivity index (χ4v) is 4.42. The molecule has 0 saturated heterocycles. The van der Waals surface area contributed by atoms with Gasteiger partial charge >= 0.3 is 0 Å². The molecule has 0 unspecified atom stereocenters. The van der Waals surface area contributed by atoms with E-state index in [0.717, 1.165) is 5.56 Å². The SMILES string of the molecule is Cc1ccc(C)c(S(=O)(=O)Nc2cccc(C(=O)NCCc3ccccc3F)c2)c1. The number of aryl methyl sites for hydroxylation is 2. The van der Waals surface area contributed by atoms with E-state index in [2.05, 4.69) is 10.0 Å². The number of sulfonamides is 1. The highest BCUT2D eigenvalue weighted by Gasteiger charge is 2.18. The third kappa shape index (κ3) is 5.24. The first-order valence-electron chi connectivity index (χ1n) is 9.48. The van der Waals surface area contributed by atoms with Crippen molar-refractivity contribution in [3.8, 4) is 0 Å². The lowest BCUT2D eigenvalue weighted by Gasteiger charge is -2.12. The summed E-state index contributed by atoms with van der Waals surface area (Å²) in [5.74, 6) is -0.672. The number of amides is 1. The Balaban J connectivity index is 1.69. The van der Waals surface area contributed by atoms with Gasteiger partial charge in [0, 0.05) is 17.8 Å². The second-order valence-electron chi connectivity index (χ2n) is 7.05. The predicted molar refractivity (Wildman–Crippen MR) is 116 cm³/mol. The van der Waals surface area contributed by atoms with Crippen molar-refractivity contribution >= 4 is 21.6 Å². The molecule has 0 saturated carbocycles. The predicted octanol–water partition coefficient (Wildman–Crippen LogP) is 4.22. The Morgan fingerprint density at radius 3 is 2.50 bits per heavy atom. The van der Waals surface area contributed by atoms with E-state index in [-0.39, 0.29) is 28.9 Å². The van der Waals surface area contributed by atoms with E-state index >= 15 is 0 Å². The largest absolute Gasteiger partial charge is 0.352 e. The lowest BCUT2D eigenvalue weighted by atomic mass is 10.1. The van der Waals surface area contributed by atoms with E-state index in [9.17, 15) is 17.6 Å². The highest BCUT2D eigenvalue weighted by Crippen LogP contribution is 2.21.